The van der Waals surface area contributed by atoms with Gasteiger partial charge in [0.05, 0.1) is 16.7 Å². The van der Waals surface area contributed by atoms with Crippen molar-refractivity contribution in [3.63, 3.8) is 0 Å². The Balaban J connectivity index is 1.26. The molecule has 0 atom stereocenters. The monoisotopic (exact) mass is 546 g/mol. The van der Waals surface area contributed by atoms with Crippen molar-refractivity contribution >= 4 is 28.6 Å². The van der Waals surface area contributed by atoms with Crippen molar-refractivity contribution in [2.75, 3.05) is 39.0 Å². The number of phenolic OH excluding ortho intramolecular Hbond substituents is 1. The molecule has 0 radical (unpaired) electrons. The number of nitrogen functional groups attached to an aromatic ring is 1. The van der Waals surface area contributed by atoms with E-state index in [1.54, 1.807) is 48.6 Å². The lowest BCUT2D eigenvalue weighted by atomic mass is 9.90. The molecule has 2 aliphatic heterocycles. The number of carbonyl (C=O) groups is 1. The Morgan fingerprint density at radius 3 is 2.58 bits per heavy atom. The Hall–Kier alpha value is -4.12. The first kappa shape index (κ1) is 27.4. The summed E-state index contributed by atoms with van der Waals surface area (Å²) in [6.07, 6.45) is 10.3. The first-order chi connectivity index (χ1) is 19.3. The number of fused-ring (bicyclic) bond motifs is 1. The summed E-state index contributed by atoms with van der Waals surface area (Å²) < 4.78 is 18.1. The molecule has 0 bridgehead atoms. The van der Waals surface area contributed by atoms with E-state index < -0.39 is 11.6 Å². The molecule has 2 saturated heterocycles. The molecule has 5 rings (SSSR count). The maximum Gasteiger partial charge on any atom is 0.260 e. The van der Waals surface area contributed by atoms with Crippen molar-refractivity contribution in [3.8, 4) is 5.75 Å². The number of likely N-dealkylation sites (tertiary alicyclic amines) is 2. The molecule has 0 unspecified atom stereocenters. The number of benzene rings is 1. The van der Waals surface area contributed by atoms with Crippen LogP contribution >= 0.6 is 0 Å². The molecule has 0 saturated carbocycles. The number of imidazole rings is 1. The first-order valence-corrected chi connectivity index (χ1v) is 13.6. The van der Waals surface area contributed by atoms with E-state index in [9.17, 15) is 9.90 Å². The third-order valence-electron chi connectivity index (χ3n) is 7.81. The summed E-state index contributed by atoms with van der Waals surface area (Å²) in [6, 6.07) is 5.18. The highest BCUT2D eigenvalue weighted by Crippen LogP contribution is 2.34. The second-order valence-corrected chi connectivity index (χ2v) is 10.4. The van der Waals surface area contributed by atoms with E-state index in [0.29, 0.717) is 62.6 Å². The van der Waals surface area contributed by atoms with Gasteiger partial charge in [-0.3, -0.25) is 14.7 Å². The number of nitrogens with two attached hydrogens (primary N) is 1. The average molecular weight is 547 g/mol. The highest BCUT2D eigenvalue weighted by atomic mass is 19.1. The number of amides is 1. The molecule has 10 nitrogen and oxygen atoms in total. The Bertz CT molecular complexity index is 1430. The maximum absolute atomic E-state index is 15.9. The highest BCUT2D eigenvalue weighted by molar-refractivity contribution is 6.08. The van der Waals surface area contributed by atoms with E-state index >= 15 is 4.39 Å². The van der Waals surface area contributed by atoms with E-state index in [-0.39, 0.29) is 30.6 Å². The van der Waals surface area contributed by atoms with E-state index in [2.05, 4.69) is 31.0 Å². The molecule has 2 aliphatic rings. The third kappa shape index (κ3) is 5.60. The fourth-order valence-corrected chi connectivity index (χ4v) is 5.64. The zero-order valence-corrected chi connectivity index (χ0v) is 22.7. The van der Waals surface area contributed by atoms with Crippen LogP contribution in [0.4, 0.5) is 10.3 Å². The van der Waals surface area contributed by atoms with E-state index in [1.165, 1.54) is 0 Å². The van der Waals surface area contributed by atoms with Gasteiger partial charge in [-0.15, -0.1) is 0 Å². The van der Waals surface area contributed by atoms with Crippen LogP contribution in [0.2, 0.25) is 0 Å². The number of allylic oxidation sites excluding steroid dienone is 3. The summed E-state index contributed by atoms with van der Waals surface area (Å²) in [7, 11) is 1.71. The smallest absolute Gasteiger partial charge is 0.260 e. The normalized spacial score (nSPS) is 18.9. The Morgan fingerprint density at radius 1 is 1.23 bits per heavy atom. The minimum Gasteiger partial charge on any atom is -0.508 e. The zero-order valence-electron chi connectivity index (χ0n) is 22.7. The number of alkyl halides is 1. The van der Waals surface area contributed by atoms with Crippen molar-refractivity contribution in [1.29, 1.82) is 0 Å². The predicted octanol–water partition coefficient (Wildman–Crippen LogP) is 3.44. The number of anilines is 1. The van der Waals surface area contributed by atoms with E-state index in [0.717, 1.165) is 11.1 Å². The SMILES string of the molecule is C=C/C=C\C(=NC)c1nc2cc(O)ccc2n1C1CCN(C(=O)C2(F)CCN(Cc3cnc(N)nc3)CC2)CC1. The number of carbonyl (C=O) groups excluding carboxylic acids is 1. The largest absolute Gasteiger partial charge is 0.508 e. The van der Waals surface area contributed by atoms with Crippen LogP contribution in [0.3, 0.4) is 0 Å². The lowest BCUT2D eigenvalue weighted by molar-refractivity contribution is -0.148. The average Bonchev–Trinajstić information content (AvgIpc) is 3.34. The predicted molar refractivity (Wildman–Crippen MR) is 153 cm³/mol. The van der Waals surface area contributed by atoms with Gasteiger partial charge < -0.3 is 20.3 Å². The highest BCUT2D eigenvalue weighted by Gasteiger charge is 2.45. The number of hydrogen-bond donors (Lipinski definition) is 2. The van der Waals surface area contributed by atoms with Crippen molar-refractivity contribution in [1.82, 2.24) is 29.3 Å². The van der Waals surface area contributed by atoms with Gasteiger partial charge in [0, 0.05) is 82.7 Å². The van der Waals surface area contributed by atoms with Gasteiger partial charge in [-0.25, -0.2) is 19.3 Å². The van der Waals surface area contributed by atoms with Crippen LogP contribution in [0.25, 0.3) is 11.0 Å². The fraction of sp³-hybridized carbons (Fsp3) is 0.414. The number of halogens is 1. The second kappa shape index (κ2) is 11.5. The van der Waals surface area contributed by atoms with Crippen molar-refractivity contribution in [2.45, 2.75) is 43.9 Å². The van der Waals surface area contributed by atoms with Gasteiger partial charge in [-0.1, -0.05) is 18.7 Å². The van der Waals surface area contributed by atoms with Gasteiger partial charge in [0.25, 0.3) is 5.91 Å². The molecule has 3 N–H and O–H groups in total. The van der Waals surface area contributed by atoms with Crippen LogP contribution in [0.1, 0.15) is 43.1 Å². The van der Waals surface area contributed by atoms with Crippen molar-refractivity contribution in [3.05, 3.63) is 66.8 Å². The Kier molecular flexibility index (Phi) is 7.92. The molecule has 0 spiro atoms. The van der Waals surface area contributed by atoms with Gasteiger partial charge in [-0.05, 0) is 31.1 Å². The number of aromatic hydroxyl groups is 1. The molecule has 2 fully saturated rings. The topological polar surface area (TPSA) is 126 Å². The molecule has 1 amide bonds. The molecular weight excluding hydrogens is 511 g/mol. The first-order valence-electron chi connectivity index (χ1n) is 13.6. The molecule has 2 aromatic heterocycles. The van der Waals surface area contributed by atoms with Crippen LogP contribution in [-0.2, 0) is 11.3 Å². The zero-order chi connectivity index (χ0) is 28.3. The molecule has 210 valence electrons. The van der Waals surface area contributed by atoms with Gasteiger partial charge in [0.15, 0.2) is 11.5 Å². The van der Waals surface area contributed by atoms with Gasteiger partial charge >= 0.3 is 0 Å². The minimum absolute atomic E-state index is 0.0435. The van der Waals surface area contributed by atoms with Crippen LogP contribution in [0, 0.1) is 0 Å². The summed E-state index contributed by atoms with van der Waals surface area (Å²) in [6.45, 7) is 6.22. The molecule has 3 aromatic rings. The quantitative estimate of drug-likeness (QED) is 0.343. The Labute approximate surface area is 232 Å². The fourth-order valence-electron chi connectivity index (χ4n) is 5.64. The van der Waals surface area contributed by atoms with Gasteiger partial charge in [-0.2, -0.15) is 0 Å². The number of piperidine rings is 2. The number of aromatic nitrogens is 4. The summed E-state index contributed by atoms with van der Waals surface area (Å²) in [5.74, 6) is 0.639. The number of rotatable bonds is 7. The van der Waals surface area contributed by atoms with Crippen molar-refractivity contribution < 1.29 is 14.3 Å². The molecule has 40 heavy (non-hydrogen) atoms. The molecular formula is C29H35FN8O2. The van der Waals surface area contributed by atoms with Crippen LogP contribution in [0.15, 0.2) is 60.4 Å². The molecule has 1 aromatic carbocycles. The minimum atomic E-state index is -1.86. The second-order valence-electron chi connectivity index (χ2n) is 10.4. The third-order valence-corrected chi connectivity index (χ3v) is 7.81. The Morgan fingerprint density at radius 2 is 1.93 bits per heavy atom. The number of aliphatic imine (C=N–C) groups is 1. The van der Waals surface area contributed by atoms with Gasteiger partial charge in [0.2, 0.25) is 5.95 Å². The van der Waals surface area contributed by atoms with E-state index in [4.69, 9.17) is 10.7 Å². The van der Waals surface area contributed by atoms with Crippen LogP contribution in [0.5, 0.6) is 5.75 Å². The van der Waals surface area contributed by atoms with Crippen LogP contribution in [-0.4, -0.2) is 84.9 Å². The summed E-state index contributed by atoms with van der Waals surface area (Å²) in [5, 5.41) is 10.0. The number of hydrogen-bond acceptors (Lipinski definition) is 8. The standard InChI is InChI=1S/C29H35FN8O2/c1-3-4-5-23(32-2)26-35-24-16-22(39)6-7-25(24)38(26)21-8-12-37(13-9-21)27(40)29(30)10-14-36(15-11-29)19-20-17-33-28(31)34-18-20/h3-7,16-18,21,39H,1,8-15,19H2,2H3,(H2,31,33,34)/b5-4-,32-23?. The number of phenols is 1. The summed E-state index contributed by atoms with van der Waals surface area (Å²) >= 11 is 0. The summed E-state index contributed by atoms with van der Waals surface area (Å²) in [5.41, 5.74) is 6.85. The lowest BCUT2D eigenvalue weighted by Crippen LogP contribution is -2.54. The lowest BCUT2D eigenvalue weighted by Gasteiger charge is -2.40. The van der Waals surface area contributed by atoms with Crippen molar-refractivity contribution in [2.24, 2.45) is 4.99 Å². The van der Waals surface area contributed by atoms with Crippen LogP contribution < -0.4 is 5.73 Å². The maximum atomic E-state index is 15.9. The van der Waals surface area contributed by atoms with Gasteiger partial charge in [0.1, 0.15) is 5.75 Å². The molecule has 0 aliphatic carbocycles. The molecule has 4 heterocycles. The molecule has 11 heteroatoms. The summed E-state index contributed by atoms with van der Waals surface area (Å²) in [4.78, 5) is 34.4. The number of nitrogens with zero attached hydrogens (tertiary/aromatic N) is 7. The van der Waals surface area contributed by atoms with E-state index in [1.807, 2.05) is 12.1 Å².